The normalized spacial score (nSPS) is 24.9. The Labute approximate surface area is 202 Å². The number of nitrogens with one attached hydrogen (secondary N) is 1. The summed E-state index contributed by atoms with van der Waals surface area (Å²) in [5.41, 5.74) is 4.48. The van der Waals surface area contributed by atoms with Crippen molar-refractivity contribution in [1.82, 2.24) is 20.2 Å². The molecule has 0 radical (unpaired) electrons. The van der Waals surface area contributed by atoms with Crippen LogP contribution in [0.25, 0.3) is 0 Å². The topological polar surface area (TPSA) is 47.0 Å². The smallest absolute Gasteiger partial charge is 0.367 e. The van der Waals surface area contributed by atoms with Crippen LogP contribution in [0.4, 0.5) is 18.9 Å². The second-order valence-corrected chi connectivity index (χ2v) is 10.3. The molecule has 0 spiro atoms. The Morgan fingerprint density at radius 3 is 2.68 bits per heavy atom. The second kappa shape index (κ2) is 9.65. The van der Waals surface area contributed by atoms with Gasteiger partial charge in [-0.05, 0) is 67.5 Å². The number of hydrogen-bond acceptors (Lipinski definition) is 7. The van der Waals surface area contributed by atoms with E-state index in [0.717, 1.165) is 62.0 Å². The van der Waals surface area contributed by atoms with Gasteiger partial charge >= 0.3 is 6.18 Å². The second-order valence-electron chi connectivity index (χ2n) is 9.08. The van der Waals surface area contributed by atoms with E-state index in [0.29, 0.717) is 12.0 Å². The minimum atomic E-state index is -4.29. The summed E-state index contributed by atoms with van der Waals surface area (Å²) in [4.78, 5) is 11.3. The Bertz CT molecular complexity index is 1000. The number of thioether (sulfide) groups is 1. The molecule has 2 aromatic rings. The number of halogens is 3. The minimum Gasteiger partial charge on any atom is -0.367 e. The van der Waals surface area contributed by atoms with Crippen molar-refractivity contribution < 1.29 is 13.2 Å². The number of hydrazone groups is 1. The summed E-state index contributed by atoms with van der Waals surface area (Å²) in [6, 6.07) is 11.8. The molecule has 4 heterocycles. The highest BCUT2D eigenvalue weighted by atomic mass is 32.2. The van der Waals surface area contributed by atoms with Crippen molar-refractivity contribution in [1.29, 1.82) is 0 Å². The van der Waals surface area contributed by atoms with Crippen LogP contribution in [0.3, 0.4) is 0 Å². The monoisotopic (exact) mass is 490 g/mol. The Balaban J connectivity index is 1.07. The van der Waals surface area contributed by atoms with Crippen LogP contribution in [0.2, 0.25) is 0 Å². The highest BCUT2D eigenvalue weighted by Gasteiger charge is 2.41. The standard InChI is InChI=1S/C24H29F3N6S/c1-31-22(20-5-2-3-11-28-20)29-30-23(31)34-14-4-12-32-15-17-10-13-33(21(17)16-32)19-8-6-18(7-9-19)24(25,26)27/h2-3,5-9,11,17,21,23,30H,4,10,12-16H2,1H3. The molecule has 6 nitrogen and oxygen atoms in total. The van der Waals surface area contributed by atoms with Gasteiger partial charge in [0, 0.05) is 44.6 Å². The van der Waals surface area contributed by atoms with E-state index in [9.17, 15) is 13.2 Å². The number of nitrogens with zero attached hydrogens (tertiary/aromatic N) is 5. The summed E-state index contributed by atoms with van der Waals surface area (Å²) in [5.74, 6) is 2.46. The molecule has 3 aliphatic rings. The first kappa shape index (κ1) is 23.3. The first-order valence-electron chi connectivity index (χ1n) is 11.7. The zero-order valence-electron chi connectivity index (χ0n) is 19.1. The Kier molecular flexibility index (Phi) is 6.61. The van der Waals surface area contributed by atoms with Crippen molar-refractivity contribution in [3.8, 4) is 0 Å². The zero-order valence-corrected chi connectivity index (χ0v) is 19.9. The Morgan fingerprint density at radius 1 is 1.12 bits per heavy atom. The summed E-state index contributed by atoms with van der Waals surface area (Å²) < 4.78 is 38.7. The highest BCUT2D eigenvalue weighted by molar-refractivity contribution is 7.99. The first-order chi connectivity index (χ1) is 16.4. The largest absolute Gasteiger partial charge is 0.416 e. The number of rotatable bonds is 7. The van der Waals surface area contributed by atoms with Gasteiger partial charge in [0.1, 0.15) is 5.69 Å². The van der Waals surface area contributed by atoms with Crippen LogP contribution in [0, 0.1) is 5.92 Å². The molecule has 3 aliphatic heterocycles. The fraction of sp³-hybridized carbons (Fsp3) is 0.500. The van der Waals surface area contributed by atoms with Crippen molar-refractivity contribution in [3.05, 3.63) is 59.9 Å². The highest BCUT2D eigenvalue weighted by Crippen LogP contribution is 2.37. The predicted molar refractivity (Wildman–Crippen MR) is 130 cm³/mol. The summed E-state index contributed by atoms with van der Waals surface area (Å²) in [7, 11) is 2.03. The third-order valence-corrected chi connectivity index (χ3v) is 8.17. The molecule has 3 unspecified atom stereocenters. The van der Waals surface area contributed by atoms with E-state index in [4.69, 9.17) is 0 Å². The van der Waals surface area contributed by atoms with Gasteiger partial charge in [0.15, 0.2) is 11.3 Å². The van der Waals surface area contributed by atoms with Crippen LogP contribution >= 0.6 is 11.8 Å². The zero-order chi connectivity index (χ0) is 23.7. The van der Waals surface area contributed by atoms with Gasteiger partial charge in [-0.3, -0.25) is 10.4 Å². The molecular formula is C24H29F3N6S. The molecule has 1 aromatic heterocycles. The lowest BCUT2D eigenvalue weighted by molar-refractivity contribution is -0.137. The van der Waals surface area contributed by atoms with Crippen LogP contribution < -0.4 is 10.3 Å². The average Bonchev–Trinajstić information content (AvgIpc) is 3.51. The lowest BCUT2D eigenvalue weighted by Gasteiger charge is -2.27. The summed E-state index contributed by atoms with van der Waals surface area (Å²) in [6.07, 6.45) is -0.337. The van der Waals surface area contributed by atoms with E-state index >= 15 is 0 Å². The molecule has 0 aliphatic carbocycles. The van der Waals surface area contributed by atoms with Crippen molar-refractivity contribution in [2.45, 2.75) is 30.6 Å². The van der Waals surface area contributed by atoms with E-state index in [1.54, 1.807) is 18.3 Å². The fourth-order valence-corrected chi connectivity index (χ4v) is 6.12. The fourth-order valence-electron chi connectivity index (χ4n) is 5.15. The molecule has 2 fully saturated rings. The number of likely N-dealkylation sites (tertiary alicyclic amines) is 1. The lowest BCUT2D eigenvalue weighted by atomic mass is 10.0. The number of fused-ring (bicyclic) bond motifs is 1. The van der Waals surface area contributed by atoms with Gasteiger partial charge in [-0.1, -0.05) is 6.07 Å². The molecular weight excluding hydrogens is 461 g/mol. The lowest BCUT2D eigenvalue weighted by Crippen LogP contribution is -2.36. The number of pyridine rings is 1. The number of benzene rings is 1. The van der Waals surface area contributed by atoms with E-state index in [1.165, 1.54) is 12.1 Å². The van der Waals surface area contributed by atoms with E-state index < -0.39 is 11.7 Å². The minimum absolute atomic E-state index is 0.102. The predicted octanol–water partition coefficient (Wildman–Crippen LogP) is 3.91. The molecule has 0 saturated carbocycles. The molecule has 2 saturated heterocycles. The first-order valence-corrected chi connectivity index (χ1v) is 12.7. The SMILES string of the molecule is CN1C(c2ccccn2)=NNC1SCCCN1CC2CCN(c3ccc(C(F)(F)F)cc3)C2C1. The van der Waals surface area contributed by atoms with Gasteiger partial charge in [0.25, 0.3) is 0 Å². The maximum absolute atomic E-state index is 12.9. The maximum atomic E-state index is 12.9. The molecule has 0 amide bonds. The molecule has 182 valence electrons. The van der Waals surface area contributed by atoms with Crippen LogP contribution in [-0.4, -0.2) is 71.1 Å². The number of hydrogen-bond donors (Lipinski definition) is 1. The van der Waals surface area contributed by atoms with Gasteiger partial charge in [-0.15, -0.1) is 11.8 Å². The van der Waals surface area contributed by atoms with E-state index in [-0.39, 0.29) is 5.50 Å². The van der Waals surface area contributed by atoms with E-state index in [2.05, 4.69) is 30.2 Å². The van der Waals surface area contributed by atoms with Gasteiger partial charge in [-0.2, -0.15) is 18.3 Å². The molecule has 10 heteroatoms. The summed E-state index contributed by atoms with van der Waals surface area (Å²) >= 11 is 1.84. The molecule has 3 atom stereocenters. The Hall–Kier alpha value is -2.46. The third-order valence-electron chi connectivity index (χ3n) is 6.90. The van der Waals surface area contributed by atoms with Crippen LogP contribution in [0.1, 0.15) is 24.1 Å². The molecule has 34 heavy (non-hydrogen) atoms. The quantitative estimate of drug-likeness (QED) is 0.594. The van der Waals surface area contributed by atoms with Crippen molar-refractivity contribution in [3.63, 3.8) is 0 Å². The van der Waals surface area contributed by atoms with E-state index in [1.807, 2.05) is 37.0 Å². The molecule has 1 N–H and O–H groups in total. The molecule has 5 rings (SSSR count). The van der Waals surface area contributed by atoms with Crippen molar-refractivity contribution >= 4 is 23.3 Å². The average molecular weight is 491 g/mol. The van der Waals surface area contributed by atoms with Crippen molar-refractivity contribution in [2.24, 2.45) is 11.0 Å². The van der Waals surface area contributed by atoms with Crippen LogP contribution in [0.15, 0.2) is 53.8 Å². The van der Waals surface area contributed by atoms with Crippen LogP contribution in [0.5, 0.6) is 0 Å². The molecule has 1 aromatic carbocycles. The van der Waals surface area contributed by atoms with Crippen molar-refractivity contribution in [2.75, 3.05) is 43.9 Å². The van der Waals surface area contributed by atoms with Gasteiger partial charge < -0.3 is 14.7 Å². The number of alkyl halides is 3. The molecule has 0 bridgehead atoms. The Morgan fingerprint density at radius 2 is 1.94 bits per heavy atom. The number of aromatic nitrogens is 1. The summed E-state index contributed by atoms with van der Waals surface area (Å²) in [6.45, 7) is 4.00. The third kappa shape index (κ3) is 4.84. The van der Waals surface area contributed by atoms with Gasteiger partial charge in [0.2, 0.25) is 0 Å². The van der Waals surface area contributed by atoms with Gasteiger partial charge in [0.05, 0.1) is 5.56 Å². The van der Waals surface area contributed by atoms with Gasteiger partial charge in [-0.25, -0.2) is 0 Å². The van der Waals surface area contributed by atoms with Crippen LogP contribution in [-0.2, 0) is 6.18 Å². The number of amidine groups is 1. The number of anilines is 1. The maximum Gasteiger partial charge on any atom is 0.416 e. The summed E-state index contributed by atoms with van der Waals surface area (Å²) in [5, 5.41) is 4.45.